The molecular weight excluding hydrogens is 138 g/mol. The molecule has 0 saturated heterocycles. The zero-order chi connectivity index (χ0) is 8.48. The molecule has 2 nitrogen and oxygen atoms in total. The van der Waals surface area contributed by atoms with E-state index in [9.17, 15) is 4.79 Å². The second kappa shape index (κ2) is 2.68. The molecule has 0 unspecified atom stereocenters. The smallest absolute Gasteiger partial charge is 0.229 e. The second-order valence-corrected chi connectivity index (χ2v) is 3.85. The van der Waals surface area contributed by atoms with E-state index in [-0.39, 0.29) is 11.3 Å². The van der Waals surface area contributed by atoms with E-state index in [1.54, 1.807) is 0 Å². The molecular formula is C9H15NO. The van der Waals surface area contributed by atoms with Crippen molar-refractivity contribution in [3.63, 3.8) is 0 Å². The predicted octanol–water partition coefficient (Wildman–Crippen LogP) is 1.83. The molecule has 0 bridgehead atoms. The lowest BCUT2D eigenvalue weighted by Crippen LogP contribution is -2.32. The largest absolute Gasteiger partial charge is 0.332 e. The Morgan fingerprint density at radius 3 is 2.82 bits per heavy atom. The topological polar surface area (TPSA) is 29.1 Å². The Balaban J connectivity index is 2.75. The molecule has 0 aromatic carbocycles. The fraction of sp³-hybridized carbons (Fsp3) is 0.667. The number of hydrogen-bond donors (Lipinski definition) is 1. The lowest BCUT2D eigenvalue weighted by atomic mass is 9.87. The molecule has 0 aromatic heterocycles. The van der Waals surface area contributed by atoms with Crippen molar-refractivity contribution in [3.05, 3.63) is 11.8 Å². The van der Waals surface area contributed by atoms with Crippen molar-refractivity contribution < 1.29 is 4.79 Å². The van der Waals surface area contributed by atoms with Crippen molar-refractivity contribution in [1.82, 2.24) is 5.32 Å². The molecule has 1 N–H and O–H groups in total. The Labute approximate surface area is 67.7 Å². The van der Waals surface area contributed by atoms with E-state index in [1.165, 1.54) is 5.57 Å². The average molecular weight is 153 g/mol. The van der Waals surface area contributed by atoms with Crippen molar-refractivity contribution in [2.45, 2.75) is 33.6 Å². The first kappa shape index (κ1) is 8.31. The quantitative estimate of drug-likeness (QED) is 0.565. The van der Waals surface area contributed by atoms with Crippen LogP contribution in [-0.2, 0) is 4.79 Å². The van der Waals surface area contributed by atoms with Gasteiger partial charge in [-0.25, -0.2) is 0 Å². The van der Waals surface area contributed by atoms with Gasteiger partial charge in [-0.1, -0.05) is 19.4 Å². The highest BCUT2D eigenvalue weighted by Gasteiger charge is 2.28. The first-order chi connectivity index (χ1) is 5.02. The monoisotopic (exact) mass is 153 g/mol. The van der Waals surface area contributed by atoms with Crippen LogP contribution in [0.15, 0.2) is 11.8 Å². The van der Waals surface area contributed by atoms with Crippen LogP contribution in [0.5, 0.6) is 0 Å². The third-order valence-corrected chi connectivity index (χ3v) is 2.21. The highest BCUT2D eigenvalue weighted by atomic mass is 16.2. The summed E-state index contributed by atoms with van der Waals surface area (Å²) in [5.41, 5.74) is 1.05. The summed E-state index contributed by atoms with van der Waals surface area (Å²) in [6.07, 6.45) is 3.78. The molecule has 0 spiro atoms. The summed E-state index contributed by atoms with van der Waals surface area (Å²) >= 11 is 0. The van der Waals surface area contributed by atoms with E-state index in [4.69, 9.17) is 0 Å². The van der Waals surface area contributed by atoms with Gasteiger partial charge in [0.25, 0.3) is 0 Å². The second-order valence-electron chi connectivity index (χ2n) is 3.85. The first-order valence-corrected chi connectivity index (χ1v) is 3.99. The van der Waals surface area contributed by atoms with Gasteiger partial charge in [0.15, 0.2) is 0 Å². The minimum Gasteiger partial charge on any atom is -0.332 e. The number of hydrogen-bond acceptors (Lipinski definition) is 1. The van der Waals surface area contributed by atoms with Crippen LogP contribution in [0.2, 0.25) is 0 Å². The number of carbonyl (C=O) groups excluding carboxylic acids is 1. The molecule has 1 aliphatic heterocycles. The summed E-state index contributed by atoms with van der Waals surface area (Å²) in [7, 11) is 0. The number of amides is 1. The van der Waals surface area contributed by atoms with Gasteiger partial charge in [0.1, 0.15) is 0 Å². The molecule has 0 saturated carbocycles. The van der Waals surface area contributed by atoms with Crippen molar-refractivity contribution in [3.8, 4) is 0 Å². The molecule has 1 amide bonds. The van der Waals surface area contributed by atoms with E-state index in [2.05, 4.69) is 5.32 Å². The van der Waals surface area contributed by atoms with Gasteiger partial charge in [-0.15, -0.1) is 0 Å². The predicted molar refractivity (Wildman–Crippen MR) is 44.9 cm³/mol. The maximum Gasteiger partial charge on any atom is 0.229 e. The van der Waals surface area contributed by atoms with Gasteiger partial charge in [-0.2, -0.15) is 0 Å². The summed E-state index contributed by atoms with van der Waals surface area (Å²) < 4.78 is 0. The summed E-state index contributed by atoms with van der Waals surface area (Å²) in [5, 5.41) is 2.78. The standard InChI is InChI=1S/C9H15NO/c1-7-4-5-9(2,3)8(11)10-6-7/h6H,4-5H2,1-3H3,(H,10,11). The van der Waals surface area contributed by atoms with Gasteiger partial charge < -0.3 is 5.32 Å². The average Bonchev–Trinajstić information content (AvgIpc) is 2.03. The van der Waals surface area contributed by atoms with Crippen molar-refractivity contribution in [2.75, 3.05) is 0 Å². The van der Waals surface area contributed by atoms with E-state index >= 15 is 0 Å². The van der Waals surface area contributed by atoms with Gasteiger partial charge in [-0.3, -0.25) is 4.79 Å². The Bertz CT molecular complexity index is 204. The van der Waals surface area contributed by atoms with Gasteiger partial charge >= 0.3 is 0 Å². The summed E-state index contributed by atoms with van der Waals surface area (Å²) in [6, 6.07) is 0. The van der Waals surface area contributed by atoms with Gasteiger partial charge in [0.05, 0.1) is 0 Å². The molecule has 1 aliphatic rings. The van der Waals surface area contributed by atoms with Crippen molar-refractivity contribution in [1.29, 1.82) is 0 Å². The molecule has 0 aromatic rings. The molecule has 0 atom stereocenters. The highest BCUT2D eigenvalue weighted by molar-refractivity contribution is 5.83. The molecule has 1 heterocycles. The Morgan fingerprint density at radius 2 is 2.18 bits per heavy atom. The zero-order valence-corrected chi connectivity index (χ0v) is 7.40. The van der Waals surface area contributed by atoms with Gasteiger partial charge in [0, 0.05) is 11.6 Å². The van der Waals surface area contributed by atoms with Crippen LogP contribution in [0.4, 0.5) is 0 Å². The zero-order valence-electron chi connectivity index (χ0n) is 7.40. The number of carbonyl (C=O) groups is 1. The van der Waals surface area contributed by atoms with Crippen molar-refractivity contribution in [2.24, 2.45) is 5.41 Å². The molecule has 0 fully saturated rings. The van der Waals surface area contributed by atoms with Crippen LogP contribution in [0.3, 0.4) is 0 Å². The minimum absolute atomic E-state index is 0.134. The SMILES string of the molecule is CC1=CNC(=O)C(C)(C)CC1. The fourth-order valence-electron chi connectivity index (χ4n) is 1.08. The maximum atomic E-state index is 11.3. The molecule has 0 radical (unpaired) electrons. The third-order valence-electron chi connectivity index (χ3n) is 2.21. The summed E-state index contributed by atoms with van der Waals surface area (Å²) in [5.74, 6) is 0.134. The highest BCUT2D eigenvalue weighted by Crippen LogP contribution is 2.26. The van der Waals surface area contributed by atoms with E-state index in [0.29, 0.717) is 0 Å². The van der Waals surface area contributed by atoms with E-state index in [1.807, 2.05) is 27.0 Å². The Morgan fingerprint density at radius 1 is 1.55 bits per heavy atom. The maximum absolute atomic E-state index is 11.3. The van der Waals surface area contributed by atoms with Crippen LogP contribution in [0.25, 0.3) is 0 Å². The van der Waals surface area contributed by atoms with Crippen LogP contribution in [0, 0.1) is 5.41 Å². The molecule has 0 aliphatic carbocycles. The van der Waals surface area contributed by atoms with Crippen LogP contribution in [-0.4, -0.2) is 5.91 Å². The fourth-order valence-corrected chi connectivity index (χ4v) is 1.08. The van der Waals surface area contributed by atoms with E-state index in [0.717, 1.165) is 12.8 Å². The van der Waals surface area contributed by atoms with Crippen LogP contribution in [0.1, 0.15) is 33.6 Å². The van der Waals surface area contributed by atoms with Gasteiger partial charge in [-0.05, 0) is 19.8 Å². The Hall–Kier alpha value is -0.790. The summed E-state index contributed by atoms with van der Waals surface area (Å²) in [4.78, 5) is 11.3. The van der Waals surface area contributed by atoms with Crippen molar-refractivity contribution >= 4 is 5.91 Å². The third kappa shape index (κ3) is 1.82. The molecule has 11 heavy (non-hydrogen) atoms. The number of rotatable bonds is 0. The lowest BCUT2D eigenvalue weighted by molar-refractivity contribution is -0.128. The summed E-state index contributed by atoms with van der Waals surface area (Å²) in [6.45, 7) is 6.01. The lowest BCUT2D eigenvalue weighted by Gasteiger charge is -2.19. The minimum atomic E-state index is -0.200. The Kier molecular flexibility index (Phi) is 2.03. The number of nitrogens with one attached hydrogen (secondary N) is 1. The molecule has 2 heteroatoms. The molecule has 62 valence electrons. The van der Waals surface area contributed by atoms with Crippen LogP contribution < -0.4 is 5.32 Å². The van der Waals surface area contributed by atoms with Crippen LogP contribution >= 0.6 is 0 Å². The first-order valence-electron chi connectivity index (χ1n) is 3.99. The van der Waals surface area contributed by atoms with E-state index < -0.39 is 0 Å². The normalized spacial score (nSPS) is 23.5. The molecule has 1 rings (SSSR count). The van der Waals surface area contributed by atoms with Gasteiger partial charge in [0.2, 0.25) is 5.91 Å². The number of allylic oxidation sites excluding steroid dienone is 1.